The second-order valence-electron chi connectivity index (χ2n) is 8.72. The fourth-order valence-corrected chi connectivity index (χ4v) is 4.09. The number of amides is 1. The van der Waals surface area contributed by atoms with Crippen LogP contribution in [0, 0.1) is 24.5 Å². The van der Waals surface area contributed by atoms with Crippen LogP contribution in [0.5, 0.6) is 0 Å². The molecule has 1 aliphatic carbocycles. The van der Waals surface area contributed by atoms with Crippen LogP contribution in [0.15, 0.2) is 23.0 Å². The van der Waals surface area contributed by atoms with Crippen LogP contribution in [0.25, 0.3) is 11.0 Å². The first-order valence-corrected chi connectivity index (χ1v) is 11.1. The lowest BCUT2D eigenvalue weighted by Crippen LogP contribution is -2.46. The topological polar surface area (TPSA) is 94.2 Å². The summed E-state index contributed by atoms with van der Waals surface area (Å²) in [4.78, 5) is 37.7. The average Bonchev–Trinajstić information content (AvgIpc) is 3.63. The van der Waals surface area contributed by atoms with Crippen molar-refractivity contribution in [2.75, 3.05) is 31.1 Å². The van der Waals surface area contributed by atoms with Crippen LogP contribution in [0.2, 0.25) is 0 Å². The molecule has 1 saturated heterocycles. The maximum atomic E-state index is 15.0. The van der Waals surface area contributed by atoms with Gasteiger partial charge in [0.05, 0.1) is 5.69 Å². The highest BCUT2D eigenvalue weighted by Crippen LogP contribution is 2.25. The molecule has 3 heterocycles. The van der Waals surface area contributed by atoms with E-state index in [2.05, 4.69) is 20.3 Å². The minimum Gasteiger partial charge on any atom is -0.365 e. The number of aryl methyl sites for hydroxylation is 1. The normalized spacial score (nSPS) is 16.8. The smallest absolute Gasteiger partial charge is 0.270 e. The Kier molecular flexibility index (Phi) is 5.72. The molecule has 2 fully saturated rings. The van der Waals surface area contributed by atoms with Crippen molar-refractivity contribution < 1.29 is 18.0 Å². The molecule has 0 atom stereocenters. The van der Waals surface area contributed by atoms with Crippen molar-refractivity contribution in [1.82, 2.24) is 25.2 Å². The number of halogens is 3. The lowest BCUT2D eigenvalue weighted by molar-refractivity contribution is 0.0945. The van der Waals surface area contributed by atoms with Gasteiger partial charge in [0.25, 0.3) is 11.5 Å². The van der Waals surface area contributed by atoms with Crippen molar-refractivity contribution in [3.63, 3.8) is 0 Å². The predicted molar refractivity (Wildman–Crippen MR) is 119 cm³/mol. The third kappa shape index (κ3) is 4.35. The van der Waals surface area contributed by atoms with Crippen LogP contribution in [-0.2, 0) is 6.54 Å². The van der Waals surface area contributed by atoms with Crippen molar-refractivity contribution in [1.29, 1.82) is 0 Å². The number of H-pyrrole nitrogens is 1. The molecule has 1 aromatic carbocycles. The number of hydrogen-bond donors (Lipinski definition) is 2. The van der Waals surface area contributed by atoms with Crippen molar-refractivity contribution in [3.8, 4) is 0 Å². The van der Waals surface area contributed by atoms with E-state index in [4.69, 9.17) is 0 Å². The maximum Gasteiger partial charge on any atom is 0.270 e. The summed E-state index contributed by atoms with van der Waals surface area (Å²) in [6.45, 7) is 3.40. The lowest BCUT2D eigenvalue weighted by Gasteiger charge is -2.36. The van der Waals surface area contributed by atoms with Gasteiger partial charge in [0, 0.05) is 44.3 Å². The molecule has 0 radical (unpaired) electrons. The van der Waals surface area contributed by atoms with Gasteiger partial charge in [-0.25, -0.2) is 18.7 Å². The summed E-state index contributed by atoms with van der Waals surface area (Å²) in [5.74, 6) is -2.51. The molecule has 2 aromatic heterocycles. The Morgan fingerprint density at radius 1 is 1.15 bits per heavy atom. The number of hydrogen-bond acceptors (Lipinski definition) is 6. The zero-order chi connectivity index (χ0) is 24.0. The molecule has 2 N–H and O–H groups in total. The first kappa shape index (κ1) is 22.3. The lowest BCUT2D eigenvalue weighted by atomic mass is 10.1. The van der Waals surface area contributed by atoms with E-state index in [1.807, 2.05) is 9.80 Å². The van der Waals surface area contributed by atoms with Gasteiger partial charge in [0.2, 0.25) is 5.95 Å². The van der Waals surface area contributed by atoms with E-state index in [9.17, 15) is 22.8 Å². The van der Waals surface area contributed by atoms with E-state index in [1.165, 1.54) is 13.0 Å². The summed E-state index contributed by atoms with van der Waals surface area (Å²) in [7, 11) is 0. The van der Waals surface area contributed by atoms with Crippen LogP contribution < -0.4 is 15.8 Å². The van der Waals surface area contributed by atoms with Gasteiger partial charge in [0.1, 0.15) is 22.4 Å². The number of nitrogens with zero attached hydrogens (tertiary/aromatic N) is 4. The molecule has 11 heteroatoms. The van der Waals surface area contributed by atoms with E-state index in [0.29, 0.717) is 31.9 Å². The van der Waals surface area contributed by atoms with E-state index in [0.717, 1.165) is 18.9 Å². The fraction of sp³-hybridized carbons (Fsp3) is 0.391. The Labute approximate surface area is 192 Å². The van der Waals surface area contributed by atoms with E-state index >= 15 is 0 Å². The minimum atomic E-state index is -0.716. The number of benzene rings is 1. The molecule has 5 rings (SSSR count). The number of carbonyl (C=O) groups excluding carboxylic acids is 1. The van der Waals surface area contributed by atoms with Gasteiger partial charge in [-0.2, -0.15) is 4.39 Å². The Balaban J connectivity index is 1.26. The van der Waals surface area contributed by atoms with Gasteiger partial charge in [-0.15, -0.1) is 0 Å². The third-order valence-corrected chi connectivity index (χ3v) is 6.19. The largest absolute Gasteiger partial charge is 0.365 e. The van der Waals surface area contributed by atoms with Crippen molar-refractivity contribution in [3.05, 3.63) is 63.1 Å². The molecule has 1 aliphatic heterocycles. The van der Waals surface area contributed by atoms with Crippen molar-refractivity contribution in [2.24, 2.45) is 0 Å². The molecule has 0 unspecified atom stereocenters. The van der Waals surface area contributed by atoms with Gasteiger partial charge in [-0.1, -0.05) is 0 Å². The zero-order valence-electron chi connectivity index (χ0n) is 18.5. The number of fused-ring (bicyclic) bond motifs is 1. The Hall–Kier alpha value is -3.47. The van der Waals surface area contributed by atoms with Crippen LogP contribution >= 0.6 is 0 Å². The van der Waals surface area contributed by atoms with Crippen molar-refractivity contribution in [2.45, 2.75) is 32.4 Å². The van der Waals surface area contributed by atoms with Crippen LogP contribution in [0.1, 0.15) is 34.6 Å². The number of carbonyl (C=O) groups is 1. The van der Waals surface area contributed by atoms with E-state index < -0.39 is 23.1 Å². The quantitative estimate of drug-likeness (QED) is 0.554. The highest BCUT2D eigenvalue weighted by Gasteiger charge is 2.26. The number of piperazine rings is 1. The predicted octanol–water partition coefficient (Wildman–Crippen LogP) is 2.26. The molecule has 8 nitrogen and oxygen atoms in total. The van der Waals surface area contributed by atoms with E-state index in [1.54, 1.807) is 6.07 Å². The molecule has 1 saturated carbocycles. The number of anilines is 1. The van der Waals surface area contributed by atoms with Crippen molar-refractivity contribution >= 4 is 22.6 Å². The highest BCUT2D eigenvalue weighted by atomic mass is 19.1. The monoisotopic (exact) mass is 472 g/mol. The second-order valence-corrected chi connectivity index (χ2v) is 8.72. The Bertz CT molecular complexity index is 1330. The molecule has 2 aliphatic rings. The Morgan fingerprint density at radius 3 is 2.56 bits per heavy atom. The van der Waals surface area contributed by atoms with Gasteiger partial charge in [-0.05, 0) is 38.0 Å². The van der Waals surface area contributed by atoms with Crippen LogP contribution in [-0.4, -0.2) is 58.0 Å². The number of rotatable bonds is 5. The molecular formula is C23H23F3N6O2. The van der Waals surface area contributed by atoms with Gasteiger partial charge in [-0.3, -0.25) is 14.5 Å². The number of nitrogens with one attached hydrogen (secondary N) is 2. The van der Waals surface area contributed by atoms with Gasteiger partial charge >= 0.3 is 0 Å². The Morgan fingerprint density at radius 2 is 1.88 bits per heavy atom. The highest BCUT2D eigenvalue weighted by molar-refractivity contribution is 5.92. The van der Waals surface area contributed by atoms with Crippen LogP contribution in [0.4, 0.5) is 18.9 Å². The molecule has 0 bridgehead atoms. The van der Waals surface area contributed by atoms with Gasteiger partial charge < -0.3 is 15.2 Å². The standard InChI is InChI=1S/C23H23F3N6O2/c1-12-22(33)30-20-18(25)13(10-15(24)19(20)27-12)11-31-6-8-32(9-7-31)17-5-4-16(29-21(17)26)23(34)28-14-2-3-14/h4-5,10,14H,2-3,6-9,11H2,1H3,(H,28,34)(H,30,33). The SMILES string of the molecule is Cc1nc2c(F)cc(CN3CCN(c4ccc(C(=O)NC5CC5)nc4F)CC3)c(F)c2[nH]c1=O. The summed E-state index contributed by atoms with van der Waals surface area (Å²) >= 11 is 0. The number of aromatic nitrogens is 3. The molecular weight excluding hydrogens is 449 g/mol. The summed E-state index contributed by atoms with van der Waals surface area (Å²) in [5.41, 5.74) is -0.508. The molecule has 0 spiro atoms. The van der Waals surface area contributed by atoms with E-state index in [-0.39, 0.29) is 46.5 Å². The van der Waals surface area contributed by atoms with Gasteiger partial charge in [0.15, 0.2) is 11.6 Å². The minimum absolute atomic E-state index is 0.0447. The molecule has 3 aromatic rings. The first-order valence-electron chi connectivity index (χ1n) is 11.1. The summed E-state index contributed by atoms with van der Waals surface area (Å²) in [6, 6.07) is 4.31. The fourth-order valence-electron chi connectivity index (χ4n) is 4.09. The summed E-state index contributed by atoms with van der Waals surface area (Å²) < 4.78 is 44.1. The maximum absolute atomic E-state index is 15.0. The molecule has 34 heavy (non-hydrogen) atoms. The second kappa shape index (κ2) is 8.71. The average molecular weight is 472 g/mol. The number of aromatic amines is 1. The number of pyridine rings is 1. The summed E-state index contributed by atoms with van der Waals surface area (Å²) in [6.07, 6.45) is 1.86. The summed E-state index contributed by atoms with van der Waals surface area (Å²) in [5, 5.41) is 2.78. The molecule has 178 valence electrons. The first-order chi connectivity index (χ1) is 16.3. The zero-order valence-corrected chi connectivity index (χ0v) is 18.5. The molecule has 1 amide bonds. The third-order valence-electron chi connectivity index (χ3n) is 6.19. The van der Waals surface area contributed by atoms with Crippen LogP contribution in [0.3, 0.4) is 0 Å².